The molecule has 1 unspecified atom stereocenters. The first kappa shape index (κ1) is 21.3. The van der Waals surface area contributed by atoms with E-state index in [9.17, 15) is 10.2 Å². The molecule has 158 valence electrons. The Hall–Kier alpha value is -1.38. The summed E-state index contributed by atoms with van der Waals surface area (Å²) in [6.07, 6.45) is 1.83. The van der Waals surface area contributed by atoms with Crippen molar-refractivity contribution >= 4 is 0 Å². The fourth-order valence-electron chi connectivity index (χ4n) is 3.78. The van der Waals surface area contributed by atoms with Gasteiger partial charge >= 0.3 is 0 Å². The molecule has 1 atom stereocenters. The minimum Gasteiger partial charge on any atom is -0.493 e. The largest absolute Gasteiger partial charge is 0.493 e. The average Bonchev–Trinajstić information content (AvgIpc) is 2.97. The molecule has 1 aromatic rings. The van der Waals surface area contributed by atoms with Crippen molar-refractivity contribution in [2.45, 2.75) is 38.0 Å². The normalized spacial score (nSPS) is 21.2. The number of β-amino-alcohol motifs (C(OH)–C–C–N with tert-alkyl or cyclic N) is 1. The maximum Gasteiger partial charge on any atom is 0.161 e. The number of likely N-dealkylation sites (tertiary alicyclic amines) is 1. The van der Waals surface area contributed by atoms with E-state index in [0.29, 0.717) is 18.0 Å². The summed E-state index contributed by atoms with van der Waals surface area (Å²) >= 11 is 0. The van der Waals surface area contributed by atoms with Gasteiger partial charge in [-0.05, 0) is 37.0 Å². The highest BCUT2D eigenvalue weighted by atomic mass is 16.5. The van der Waals surface area contributed by atoms with Crippen LogP contribution in [0.4, 0.5) is 0 Å². The number of rotatable bonds is 8. The summed E-state index contributed by atoms with van der Waals surface area (Å²) in [5.41, 5.74) is 1.18. The van der Waals surface area contributed by atoms with Crippen LogP contribution in [-0.4, -0.2) is 91.9 Å². The Morgan fingerprint density at radius 2 is 1.93 bits per heavy atom. The van der Waals surface area contributed by atoms with Crippen LogP contribution in [0.5, 0.6) is 11.5 Å². The first-order chi connectivity index (χ1) is 13.6. The Morgan fingerprint density at radius 3 is 2.71 bits per heavy atom. The van der Waals surface area contributed by atoms with Crippen molar-refractivity contribution in [1.29, 1.82) is 0 Å². The molecular formula is C21H34N2O5. The number of hydrogen-bond acceptors (Lipinski definition) is 7. The van der Waals surface area contributed by atoms with Crippen LogP contribution in [0.1, 0.15) is 24.8 Å². The van der Waals surface area contributed by atoms with Crippen LogP contribution >= 0.6 is 0 Å². The third-order valence-corrected chi connectivity index (χ3v) is 5.41. The molecule has 0 saturated carbocycles. The molecule has 28 heavy (non-hydrogen) atoms. The Labute approximate surface area is 167 Å². The van der Waals surface area contributed by atoms with Crippen LogP contribution < -0.4 is 9.47 Å². The zero-order chi connectivity index (χ0) is 19.8. The summed E-state index contributed by atoms with van der Waals surface area (Å²) in [5, 5.41) is 19.9. The predicted octanol–water partition coefficient (Wildman–Crippen LogP) is 1.11. The zero-order valence-corrected chi connectivity index (χ0v) is 16.9. The molecule has 7 nitrogen and oxygen atoms in total. The quantitative estimate of drug-likeness (QED) is 0.684. The summed E-state index contributed by atoms with van der Waals surface area (Å²) in [4.78, 5) is 4.56. The van der Waals surface area contributed by atoms with E-state index < -0.39 is 6.10 Å². The second-order valence-electron chi connectivity index (χ2n) is 7.72. The van der Waals surface area contributed by atoms with Gasteiger partial charge in [0.25, 0.3) is 0 Å². The lowest BCUT2D eigenvalue weighted by atomic mass is 10.1. The number of benzene rings is 1. The molecule has 2 saturated heterocycles. The fourth-order valence-corrected chi connectivity index (χ4v) is 3.78. The molecule has 3 rings (SSSR count). The summed E-state index contributed by atoms with van der Waals surface area (Å²) < 4.78 is 16.9. The molecule has 0 aromatic heterocycles. The van der Waals surface area contributed by atoms with E-state index in [0.717, 1.165) is 65.2 Å². The Morgan fingerprint density at radius 1 is 1.11 bits per heavy atom. The van der Waals surface area contributed by atoms with Gasteiger partial charge in [-0.2, -0.15) is 0 Å². The first-order valence-electron chi connectivity index (χ1n) is 10.3. The van der Waals surface area contributed by atoms with Crippen LogP contribution in [0.2, 0.25) is 0 Å². The molecule has 2 N–H and O–H groups in total. The molecule has 0 radical (unpaired) electrons. The lowest BCUT2D eigenvalue weighted by Crippen LogP contribution is -2.41. The van der Waals surface area contributed by atoms with Gasteiger partial charge in [0, 0.05) is 45.9 Å². The van der Waals surface area contributed by atoms with E-state index >= 15 is 0 Å². The Kier molecular flexibility index (Phi) is 8.36. The number of methoxy groups -OCH3 is 1. The molecule has 2 aliphatic heterocycles. The second kappa shape index (κ2) is 11.0. The maximum atomic E-state index is 10.3. The maximum absolute atomic E-state index is 10.3. The minimum absolute atomic E-state index is 0.200. The zero-order valence-electron chi connectivity index (χ0n) is 16.9. The number of nitrogens with zero attached hydrogens (tertiary/aromatic N) is 2. The van der Waals surface area contributed by atoms with Gasteiger partial charge in [-0.15, -0.1) is 0 Å². The van der Waals surface area contributed by atoms with Crippen LogP contribution in [0.15, 0.2) is 18.2 Å². The molecule has 2 aliphatic rings. The second-order valence-corrected chi connectivity index (χ2v) is 7.72. The lowest BCUT2D eigenvalue weighted by Gasteiger charge is -2.30. The van der Waals surface area contributed by atoms with Gasteiger partial charge < -0.3 is 29.3 Å². The molecule has 1 aromatic carbocycles. The van der Waals surface area contributed by atoms with E-state index in [2.05, 4.69) is 15.9 Å². The van der Waals surface area contributed by atoms with Crippen LogP contribution in [0.25, 0.3) is 0 Å². The number of aliphatic hydroxyl groups excluding tert-OH is 2. The third-order valence-electron chi connectivity index (χ3n) is 5.41. The van der Waals surface area contributed by atoms with Crippen molar-refractivity contribution in [3.8, 4) is 11.5 Å². The molecule has 0 bridgehead atoms. The first-order valence-corrected chi connectivity index (χ1v) is 10.3. The topological polar surface area (TPSA) is 74.6 Å². The van der Waals surface area contributed by atoms with Crippen molar-refractivity contribution in [1.82, 2.24) is 9.80 Å². The van der Waals surface area contributed by atoms with Gasteiger partial charge in [0.2, 0.25) is 0 Å². The van der Waals surface area contributed by atoms with Crippen molar-refractivity contribution < 1.29 is 24.4 Å². The summed E-state index contributed by atoms with van der Waals surface area (Å²) in [7, 11) is 1.64. The summed E-state index contributed by atoms with van der Waals surface area (Å²) in [6, 6.07) is 5.99. The van der Waals surface area contributed by atoms with Crippen LogP contribution in [-0.2, 0) is 11.3 Å². The standard InChI is InChI=1S/C21H34N2O5/c1-26-21-13-17(14-22-7-2-11-27-12-10-22)3-4-20(21)28-16-19(25)15-23-8-5-18(24)6-9-23/h3-4,13,18-19,24-25H,2,5-12,14-16H2,1H3. The van der Waals surface area contributed by atoms with Crippen molar-refractivity contribution in [3.63, 3.8) is 0 Å². The van der Waals surface area contributed by atoms with E-state index in [1.165, 1.54) is 5.56 Å². The van der Waals surface area contributed by atoms with Crippen molar-refractivity contribution in [2.75, 3.05) is 59.7 Å². The molecule has 0 amide bonds. The number of hydrogen-bond donors (Lipinski definition) is 2. The summed E-state index contributed by atoms with van der Waals surface area (Å²) in [6.45, 7) is 6.89. The van der Waals surface area contributed by atoms with Crippen LogP contribution in [0, 0.1) is 0 Å². The Balaban J connectivity index is 1.49. The van der Waals surface area contributed by atoms with Gasteiger partial charge in [-0.25, -0.2) is 0 Å². The molecule has 2 heterocycles. The molecule has 0 aliphatic carbocycles. The average molecular weight is 395 g/mol. The lowest BCUT2D eigenvalue weighted by molar-refractivity contribution is 0.0333. The molecular weight excluding hydrogens is 360 g/mol. The van der Waals surface area contributed by atoms with Gasteiger partial charge in [-0.1, -0.05) is 6.07 Å². The number of piperidine rings is 1. The van der Waals surface area contributed by atoms with Gasteiger partial charge in [0.05, 0.1) is 19.8 Å². The van der Waals surface area contributed by atoms with E-state index in [4.69, 9.17) is 14.2 Å². The van der Waals surface area contributed by atoms with Gasteiger partial charge in [0.15, 0.2) is 11.5 Å². The highest BCUT2D eigenvalue weighted by Gasteiger charge is 2.20. The number of ether oxygens (including phenoxy) is 3. The highest BCUT2D eigenvalue weighted by molar-refractivity contribution is 5.43. The predicted molar refractivity (Wildman–Crippen MR) is 107 cm³/mol. The van der Waals surface area contributed by atoms with Gasteiger partial charge in [-0.3, -0.25) is 4.90 Å². The van der Waals surface area contributed by atoms with Gasteiger partial charge in [0.1, 0.15) is 12.7 Å². The minimum atomic E-state index is -0.572. The molecule has 0 spiro atoms. The highest BCUT2D eigenvalue weighted by Crippen LogP contribution is 2.29. The SMILES string of the molecule is COc1cc(CN2CCCOCC2)ccc1OCC(O)CN1CCC(O)CC1. The van der Waals surface area contributed by atoms with Crippen molar-refractivity contribution in [2.24, 2.45) is 0 Å². The monoisotopic (exact) mass is 394 g/mol. The third kappa shape index (κ3) is 6.60. The molecule has 7 heteroatoms. The summed E-state index contributed by atoms with van der Waals surface area (Å²) in [5.74, 6) is 1.34. The number of aliphatic hydroxyl groups is 2. The Bertz CT molecular complexity index is 584. The van der Waals surface area contributed by atoms with E-state index in [-0.39, 0.29) is 12.7 Å². The van der Waals surface area contributed by atoms with E-state index in [1.807, 2.05) is 12.1 Å². The van der Waals surface area contributed by atoms with Crippen LogP contribution in [0.3, 0.4) is 0 Å². The fraction of sp³-hybridized carbons (Fsp3) is 0.714. The van der Waals surface area contributed by atoms with Crippen molar-refractivity contribution in [3.05, 3.63) is 23.8 Å². The molecule has 2 fully saturated rings. The smallest absolute Gasteiger partial charge is 0.161 e. The van der Waals surface area contributed by atoms with E-state index in [1.54, 1.807) is 7.11 Å².